The van der Waals surface area contributed by atoms with Gasteiger partial charge in [0.05, 0.1) is 17.3 Å². The van der Waals surface area contributed by atoms with Crippen molar-refractivity contribution in [2.45, 2.75) is 32.0 Å². The number of rotatable bonds is 4. The summed E-state index contributed by atoms with van der Waals surface area (Å²) >= 11 is 0. The molecule has 0 aliphatic carbocycles. The van der Waals surface area contributed by atoms with Crippen molar-refractivity contribution in [3.8, 4) is 0 Å². The molecule has 26 heavy (non-hydrogen) atoms. The monoisotopic (exact) mass is 364 g/mol. The molecule has 1 heterocycles. The minimum atomic E-state index is -4.47. The smallest absolute Gasteiger partial charge is 0.300 e. The molecule has 3 aromatic rings. The lowest BCUT2D eigenvalue weighted by Crippen LogP contribution is -2.37. The number of carbonyl (C=O) groups is 1. The van der Waals surface area contributed by atoms with Gasteiger partial charge in [-0.1, -0.05) is 19.1 Å². The molecule has 0 amide bonds. The molecule has 0 spiro atoms. The predicted molar refractivity (Wildman–Crippen MR) is 89.3 cm³/mol. The summed E-state index contributed by atoms with van der Waals surface area (Å²) in [5, 5.41) is 4.93. The first kappa shape index (κ1) is 18.1. The van der Waals surface area contributed by atoms with Crippen LogP contribution in [0.3, 0.4) is 0 Å². The average molecular weight is 364 g/mol. The number of nitrogens with zero attached hydrogens (tertiary/aromatic N) is 2. The largest absolute Gasteiger partial charge is 0.416 e. The fourth-order valence-electron chi connectivity index (χ4n) is 3.20. The van der Waals surface area contributed by atoms with Gasteiger partial charge in [0.15, 0.2) is 6.29 Å². The van der Waals surface area contributed by atoms with Crippen molar-refractivity contribution >= 4 is 17.2 Å². The molecule has 1 unspecified atom stereocenters. The molecular formula is C19H16F4N2O. The van der Waals surface area contributed by atoms with Gasteiger partial charge in [-0.25, -0.2) is 9.07 Å². The van der Waals surface area contributed by atoms with Crippen LogP contribution in [0.2, 0.25) is 0 Å². The first-order valence-electron chi connectivity index (χ1n) is 8.01. The molecule has 3 rings (SSSR count). The number of alkyl halides is 3. The second kappa shape index (κ2) is 6.23. The lowest BCUT2D eigenvalue weighted by molar-refractivity contribution is -0.137. The van der Waals surface area contributed by atoms with E-state index in [0.29, 0.717) is 28.3 Å². The molecule has 0 saturated carbocycles. The second-order valence-corrected chi connectivity index (χ2v) is 6.18. The van der Waals surface area contributed by atoms with Gasteiger partial charge in [0, 0.05) is 5.39 Å². The van der Waals surface area contributed by atoms with Crippen LogP contribution in [0.25, 0.3) is 10.9 Å². The van der Waals surface area contributed by atoms with Gasteiger partial charge in [0.25, 0.3) is 0 Å². The van der Waals surface area contributed by atoms with Crippen molar-refractivity contribution in [2.75, 3.05) is 0 Å². The summed E-state index contributed by atoms with van der Waals surface area (Å²) in [7, 11) is 0. The van der Waals surface area contributed by atoms with Gasteiger partial charge in [-0.2, -0.15) is 18.3 Å². The number of carbonyl (C=O) groups excluding carboxylic acids is 1. The van der Waals surface area contributed by atoms with Crippen LogP contribution in [0.4, 0.5) is 17.6 Å². The third-order valence-electron chi connectivity index (χ3n) is 4.68. The fraction of sp³-hybridized carbons (Fsp3) is 0.263. The SMILES string of the molecule is CCC(C=O)(c1ccc(C(F)(F)F)cc1)n1ncc2c(C)cc(F)cc21. The highest BCUT2D eigenvalue weighted by Crippen LogP contribution is 2.35. The first-order chi connectivity index (χ1) is 12.2. The van der Waals surface area contributed by atoms with E-state index in [0.717, 1.165) is 12.1 Å². The van der Waals surface area contributed by atoms with Crippen molar-refractivity contribution in [1.82, 2.24) is 9.78 Å². The maximum Gasteiger partial charge on any atom is 0.416 e. The van der Waals surface area contributed by atoms with Crippen LogP contribution in [-0.4, -0.2) is 16.1 Å². The zero-order chi connectivity index (χ0) is 19.1. The van der Waals surface area contributed by atoms with Crippen LogP contribution in [0.15, 0.2) is 42.6 Å². The maximum absolute atomic E-state index is 13.9. The normalized spacial score (nSPS) is 14.4. The van der Waals surface area contributed by atoms with Gasteiger partial charge in [-0.15, -0.1) is 0 Å². The highest BCUT2D eigenvalue weighted by molar-refractivity contribution is 5.84. The Morgan fingerprint density at radius 3 is 2.27 bits per heavy atom. The minimum absolute atomic E-state index is 0.244. The molecule has 136 valence electrons. The first-order valence-corrected chi connectivity index (χ1v) is 8.01. The number of aldehydes is 1. The molecule has 0 N–H and O–H groups in total. The third-order valence-corrected chi connectivity index (χ3v) is 4.68. The summed E-state index contributed by atoms with van der Waals surface area (Å²) < 4.78 is 53.7. The number of hydrogen-bond donors (Lipinski definition) is 0. The molecule has 0 fully saturated rings. The van der Waals surface area contributed by atoms with E-state index in [2.05, 4.69) is 5.10 Å². The Morgan fingerprint density at radius 1 is 1.12 bits per heavy atom. The van der Waals surface area contributed by atoms with E-state index >= 15 is 0 Å². The van der Waals surface area contributed by atoms with Gasteiger partial charge in [0.2, 0.25) is 0 Å². The zero-order valence-electron chi connectivity index (χ0n) is 14.1. The Bertz CT molecular complexity index is 960. The number of hydrogen-bond acceptors (Lipinski definition) is 2. The molecule has 0 aliphatic rings. The fourth-order valence-corrected chi connectivity index (χ4v) is 3.20. The molecule has 2 aromatic carbocycles. The molecule has 0 aliphatic heterocycles. The summed E-state index contributed by atoms with van der Waals surface area (Å²) in [5.74, 6) is -0.472. The third kappa shape index (κ3) is 2.77. The molecule has 0 bridgehead atoms. The standard InChI is InChI=1S/C19H16F4N2O/c1-3-18(11-26,13-4-6-14(7-5-13)19(21,22)23)25-17-9-15(20)8-12(2)16(17)10-24-25/h4-11H,3H2,1-2H3. The van der Waals surface area contributed by atoms with Crippen LogP contribution in [-0.2, 0) is 16.5 Å². The van der Waals surface area contributed by atoms with E-state index in [-0.39, 0.29) is 6.42 Å². The van der Waals surface area contributed by atoms with E-state index in [1.807, 2.05) is 0 Å². The number of aryl methyl sites for hydroxylation is 1. The summed E-state index contributed by atoms with van der Waals surface area (Å²) in [5.41, 5.74) is -0.697. The lowest BCUT2D eigenvalue weighted by atomic mass is 9.88. The number of aromatic nitrogens is 2. The molecule has 3 nitrogen and oxygen atoms in total. The Morgan fingerprint density at radius 2 is 1.73 bits per heavy atom. The highest BCUT2D eigenvalue weighted by Gasteiger charge is 2.36. The summed E-state index contributed by atoms with van der Waals surface area (Å²) in [6.45, 7) is 3.45. The molecule has 1 atom stereocenters. The van der Waals surface area contributed by atoms with Crippen molar-refractivity contribution in [3.05, 3.63) is 65.1 Å². The van der Waals surface area contributed by atoms with Gasteiger partial charge in [-0.3, -0.25) is 0 Å². The Balaban J connectivity index is 2.22. The van der Waals surface area contributed by atoms with Crippen LogP contribution in [0.1, 0.15) is 30.0 Å². The van der Waals surface area contributed by atoms with Crippen LogP contribution in [0.5, 0.6) is 0 Å². The Labute approximate surface area is 147 Å². The van der Waals surface area contributed by atoms with E-state index in [1.165, 1.54) is 35.1 Å². The Kier molecular flexibility index (Phi) is 4.34. The maximum atomic E-state index is 13.9. The number of benzene rings is 2. The van der Waals surface area contributed by atoms with Gasteiger partial charge >= 0.3 is 6.18 Å². The minimum Gasteiger partial charge on any atom is -0.300 e. The lowest BCUT2D eigenvalue weighted by Gasteiger charge is -2.29. The van der Waals surface area contributed by atoms with Crippen molar-refractivity contribution in [2.24, 2.45) is 0 Å². The molecule has 1 aromatic heterocycles. The van der Waals surface area contributed by atoms with Gasteiger partial charge in [0.1, 0.15) is 11.4 Å². The molecule has 0 saturated heterocycles. The quantitative estimate of drug-likeness (QED) is 0.490. The zero-order valence-corrected chi connectivity index (χ0v) is 14.1. The van der Waals surface area contributed by atoms with Crippen molar-refractivity contribution in [3.63, 3.8) is 0 Å². The van der Waals surface area contributed by atoms with E-state index in [4.69, 9.17) is 0 Å². The van der Waals surface area contributed by atoms with E-state index in [1.54, 1.807) is 13.8 Å². The van der Waals surface area contributed by atoms with Crippen LogP contribution >= 0.6 is 0 Å². The second-order valence-electron chi connectivity index (χ2n) is 6.18. The Hall–Kier alpha value is -2.70. The molecule has 0 radical (unpaired) electrons. The predicted octanol–water partition coefficient (Wildman–Crippen LogP) is 4.86. The summed E-state index contributed by atoms with van der Waals surface area (Å²) in [6.07, 6.45) is -2.05. The van der Waals surface area contributed by atoms with E-state index in [9.17, 15) is 22.4 Å². The number of halogens is 4. The number of fused-ring (bicyclic) bond motifs is 1. The van der Waals surface area contributed by atoms with Crippen LogP contribution in [0, 0.1) is 12.7 Å². The topological polar surface area (TPSA) is 34.9 Å². The summed E-state index contributed by atoms with van der Waals surface area (Å²) in [4.78, 5) is 12.1. The average Bonchev–Trinajstić information content (AvgIpc) is 3.01. The summed E-state index contributed by atoms with van der Waals surface area (Å²) in [6, 6.07) is 7.02. The van der Waals surface area contributed by atoms with Crippen molar-refractivity contribution < 1.29 is 22.4 Å². The molecular weight excluding hydrogens is 348 g/mol. The van der Waals surface area contributed by atoms with Gasteiger partial charge < -0.3 is 4.79 Å². The highest BCUT2D eigenvalue weighted by atomic mass is 19.4. The van der Waals surface area contributed by atoms with E-state index < -0.39 is 23.1 Å². The van der Waals surface area contributed by atoms with Crippen molar-refractivity contribution in [1.29, 1.82) is 0 Å². The van der Waals surface area contributed by atoms with Crippen LogP contribution < -0.4 is 0 Å². The van der Waals surface area contributed by atoms with Gasteiger partial charge in [-0.05, 0) is 48.7 Å². The molecule has 7 heteroatoms.